The lowest BCUT2D eigenvalue weighted by atomic mass is 9.89. The molecule has 7 nitrogen and oxygen atoms in total. The van der Waals surface area contributed by atoms with E-state index < -0.39 is 0 Å². The summed E-state index contributed by atoms with van der Waals surface area (Å²) in [6, 6.07) is 0.174. The third kappa shape index (κ3) is 4.21. The summed E-state index contributed by atoms with van der Waals surface area (Å²) in [4.78, 5) is 13.8. The molecule has 7 heteroatoms. The summed E-state index contributed by atoms with van der Waals surface area (Å²) in [6.45, 7) is 7.09. The number of aliphatic hydroxyl groups is 1. The molecule has 1 unspecified atom stereocenters. The largest absolute Gasteiger partial charge is 0.394 e. The number of fused-ring (bicyclic) bond motifs is 1. The fourth-order valence-corrected chi connectivity index (χ4v) is 3.38. The van der Waals surface area contributed by atoms with E-state index >= 15 is 0 Å². The van der Waals surface area contributed by atoms with Gasteiger partial charge in [0.05, 0.1) is 12.9 Å². The normalized spacial score (nSPS) is 17.2. The van der Waals surface area contributed by atoms with Crippen molar-refractivity contribution in [3.8, 4) is 0 Å². The fraction of sp³-hybridized carbons (Fsp3) is 0.722. The van der Waals surface area contributed by atoms with Gasteiger partial charge in [0.15, 0.2) is 17.0 Å². The van der Waals surface area contributed by atoms with Crippen LogP contribution in [0.25, 0.3) is 11.2 Å². The SMILES string of the molecule is CC(CO)Nc1nc(NCC2CCCCC2)c2ncn(C(C)C)c2n1. The van der Waals surface area contributed by atoms with Crippen LogP contribution in [-0.4, -0.2) is 43.8 Å². The molecule has 2 heterocycles. The van der Waals surface area contributed by atoms with Crippen LogP contribution in [0.3, 0.4) is 0 Å². The third-order valence-corrected chi connectivity index (χ3v) is 4.91. The number of aliphatic hydroxyl groups excluding tert-OH is 1. The first-order valence-corrected chi connectivity index (χ1v) is 9.44. The minimum absolute atomic E-state index is 0.0374. The van der Waals surface area contributed by atoms with E-state index in [0.29, 0.717) is 11.9 Å². The monoisotopic (exact) mass is 346 g/mol. The molecule has 0 aliphatic heterocycles. The summed E-state index contributed by atoms with van der Waals surface area (Å²) in [5.74, 6) is 2.02. The molecule has 0 saturated heterocycles. The minimum atomic E-state index is -0.0981. The van der Waals surface area contributed by atoms with E-state index in [9.17, 15) is 5.11 Å². The molecule has 0 aromatic carbocycles. The van der Waals surface area contributed by atoms with E-state index in [4.69, 9.17) is 0 Å². The first-order chi connectivity index (χ1) is 12.1. The molecular weight excluding hydrogens is 316 g/mol. The number of nitrogens with one attached hydrogen (secondary N) is 2. The molecule has 0 bridgehead atoms. The Morgan fingerprint density at radius 1 is 1.20 bits per heavy atom. The van der Waals surface area contributed by atoms with Crippen molar-refractivity contribution in [3.05, 3.63) is 6.33 Å². The van der Waals surface area contributed by atoms with Gasteiger partial charge in [0.25, 0.3) is 0 Å². The lowest BCUT2D eigenvalue weighted by Gasteiger charge is -2.22. The van der Waals surface area contributed by atoms with Gasteiger partial charge in [-0.3, -0.25) is 0 Å². The zero-order valence-corrected chi connectivity index (χ0v) is 15.5. The number of aromatic nitrogens is 4. The van der Waals surface area contributed by atoms with Crippen LogP contribution in [0.4, 0.5) is 11.8 Å². The molecule has 0 spiro atoms. The van der Waals surface area contributed by atoms with Gasteiger partial charge >= 0.3 is 0 Å². The molecule has 2 aromatic rings. The zero-order valence-electron chi connectivity index (χ0n) is 15.5. The lowest BCUT2D eigenvalue weighted by Crippen LogP contribution is -2.22. The van der Waals surface area contributed by atoms with Crippen LogP contribution in [0, 0.1) is 5.92 Å². The quantitative estimate of drug-likeness (QED) is 0.713. The second-order valence-corrected chi connectivity index (χ2v) is 7.43. The topological polar surface area (TPSA) is 87.9 Å². The summed E-state index contributed by atoms with van der Waals surface area (Å²) in [6.07, 6.45) is 8.42. The molecule has 0 radical (unpaired) electrons. The Morgan fingerprint density at radius 3 is 2.64 bits per heavy atom. The average Bonchev–Trinajstić information content (AvgIpc) is 3.04. The van der Waals surface area contributed by atoms with Crippen molar-refractivity contribution in [1.29, 1.82) is 0 Å². The van der Waals surface area contributed by atoms with Crippen LogP contribution in [-0.2, 0) is 0 Å². The van der Waals surface area contributed by atoms with Gasteiger partial charge in [-0.05, 0) is 39.5 Å². The third-order valence-electron chi connectivity index (χ3n) is 4.91. The summed E-state index contributed by atoms with van der Waals surface area (Å²) < 4.78 is 2.05. The predicted molar refractivity (Wildman–Crippen MR) is 101 cm³/mol. The molecule has 2 aromatic heterocycles. The van der Waals surface area contributed by atoms with Crippen molar-refractivity contribution >= 4 is 22.9 Å². The zero-order chi connectivity index (χ0) is 17.8. The molecule has 3 rings (SSSR count). The number of rotatable bonds is 7. The summed E-state index contributed by atoms with van der Waals surface area (Å²) >= 11 is 0. The first kappa shape index (κ1) is 17.9. The van der Waals surface area contributed by atoms with E-state index in [1.165, 1.54) is 32.1 Å². The summed E-state index contributed by atoms with van der Waals surface area (Å²) in [7, 11) is 0. The van der Waals surface area contributed by atoms with E-state index in [0.717, 1.165) is 23.5 Å². The number of hydrogen-bond donors (Lipinski definition) is 3. The molecule has 1 saturated carbocycles. The highest BCUT2D eigenvalue weighted by Gasteiger charge is 2.18. The maximum absolute atomic E-state index is 9.30. The molecule has 1 atom stereocenters. The number of imidazole rings is 1. The van der Waals surface area contributed by atoms with Crippen LogP contribution < -0.4 is 10.6 Å². The summed E-state index contributed by atoms with van der Waals surface area (Å²) in [5.41, 5.74) is 1.63. The second-order valence-electron chi connectivity index (χ2n) is 7.43. The molecule has 25 heavy (non-hydrogen) atoms. The highest BCUT2D eigenvalue weighted by Crippen LogP contribution is 2.27. The van der Waals surface area contributed by atoms with Crippen molar-refractivity contribution < 1.29 is 5.11 Å². The van der Waals surface area contributed by atoms with Gasteiger partial charge in [-0.2, -0.15) is 9.97 Å². The number of nitrogens with zero attached hydrogens (tertiary/aromatic N) is 4. The van der Waals surface area contributed by atoms with Crippen LogP contribution in [0.5, 0.6) is 0 Å². The Labute approximate surface area is 149 Å². The maximum atomic E-state index is 9.30. The average molecular weight is 346 g/mol. The minimum Gasteiger partial charge on any atom is -0.394 e. The second kappa shape index (κ2) is 7.99. The van der Waals surface area contributed by atoms with Crippen LogP contribution in [0.2, 0.25) is 0 Å². The smallest absolute Gasteiger partial charge is 0.227 e. The van der Waals surface area contributed by atoms with E-state index in [-0.39, 0.29) is 18.7 Å². The van der Waals surface area contributed by atoms with Crippen molar-refractivity contribution in [2.24, 2.45) is 5.92 Å². The van der Waals surface area contributed by atoms with Crippen LogP contribution in [0.15, 0.2) is 6.33 Å². The van der Waals surface area contributed by atoms with E-state index in [1.54, 1.807) is 0 Å². The molecule has 1 aliphatic carbocycles. The Bertz CT molecular complexity index is 692. The molecule has 138 valence electrons. The van der Waals surface area contributed by atoms with Crippen molar-refractivity contribution in [2.75, 3.05) is 23.8 Å². The number of anilines is 2. The van der Waals surface area contributed by atoms with Gasteiger partial charge < -0.3 is 20.3 Å². The van der Waals surface area contributed by atoms with Gasteiger partial charge in [0, 0.05) is 18.6 Å². The maximum Gasteiger partial charge on any atom is 0.227 e. The molecule has 1 aliphatic rings. The van der Waals surface area contributed by atoms with Gasteiger partial charge in [-0.1, -0.05) is 19.3 Å². The van der Waals surface area contributed by atoms with Crippen molar-refractivity contribution in [2.45, 2.75) is 65.0 Å². The molecule has 1 fully saturated rings. The fourth-order valence-electron chi connectivity index (χ4n) is 3.38. The van der Waals surface area contributed by atoms with Gasteiger partial charge in [0.2, 0.25) is 5.95 Å². The Morgan fingerprint density at radius 2 is 1.96 bits per heavy atom. The molecular formula is C18H30N6O. The standard InChI is InChI=1S/C18H30N6O/c1-12(2)24-11-20-15-16(19-9-14-7-5-4-6-8-14)22-18(23-17(15)24)21-13(3)10-25/h11-14,25H,4-10H2,1-3H3,(H2,19,21,22,23). The van der Waals surface area contributed by atoms with E-state index in [2.05, 4.69) is 44.0 Å². The van der Waals surface area contributed by atoms with Gasteiger partial charge in [0.1, 0.15) is 0 Å². The van der Waals surface area contributed by atoms with E-state index in [1.807, 2.05) is 13.3 Å². The predicted octanol–water partition coefficient (Wildman–Crippen LogP) is 3.19. The van der Waals surface area contributed by atoms with Crippen molar-refractivity contribution in [3.63, 3.8) is 0 Å². The Kier molecular flexibility index (Phi) is 5.73. The molecule has 3 N–H and O–H groups in total. The first-order valence-electron chi connectivity index (χ1n) is 9.44. The lowest BCUT2D eigenvalue weighted by molar-refractivity contribution is 0.281. The summed E-state index contributed by atoms with van der Waals surface area (Å²) in [5, 5.41) is 16.0. The molecule has 0 amide bonds. The number of hydrogen-bond acceptors (Lipinski definition) is 6. The van der Waals surface area contributed by atoms with Crippen LogP contribution in [0.1, 0.15) is 58.9 Å². The van der Waals surface area contributed by atoms with Gasteiger partial charge in [-0.25, -0.2) is 4.98 Å². The van der Waals surface area contributed by atoms with Crippen LogP contribution >= 0.6 is 0 Å². The highest BCUT2D eigenvalue weighted by atomic mass is 16.3. The Hall–Kier alpha value is -1.89. The van der Waals surface area contributed by atoms with Crippen molar-refractivity contribution in [1.82, 2.24) is 19.5 Å². The van der Waals surface area contributed by atoms with Gasteiger partial charge in [-0.15, -0.1) is 0 Å². The highest BCUT2D eigenvalue weighted by molar-refractivity contribution is 5.84. The Balaban J connectivity index is 1.88.